The van der Waals surface area contributed by atoms with Crippen LogP contribution in [0.3, 0.4) is 0 Å². The van der Waals surface area contributed by atoms with Gasteiger partial charge in [-0.1, -0.05) is 5.16 Å². The van der Waals surface area contributed by atoms with Gasteiger partial charge >= 0.3 is 0 Å². The first-order chi connectivity index (χ1) is 15.1. The van der Waals surface area contributed by atoms with Gasteiger partial charge in [0.1, 0.15) is 0 Å². The number of aromatic nitrogens is 4. The fourth-order valence-corrected chi connectivity index (χ4v) is 3.25. The number of nitriles is 1. The third kappa shape index (κ3) is 3.81. The maximum Gasteiger partial charge on any atom is 0.259 e. The largest absolute Gasteiger partial charge is 0.339 e. The number of anilines is 1. The third-order valence-corrected chi connectivity index (χ3v) is 5.17. The van der Waals surface area contributed by atoms with Crippen LogP contribution in [-0.4, -0.2) is 25.8 Å². The van der Waals surface area contributed by atoms with Crippen molar-refractivity contribution in [3.63, 3.8) is 0 Å². The van der Waals surface area contributed by atoms with Crippen molar-refractivity contribution in [2.45, 2.75) is 25.7 Å². The van der Waals surface area contributed by atoms with E-state index in [1.807, 2.05) is 24.3 Å². The summed E-state index contributed by atoms with van der Waals surface area (Å²) in [6, 6.07) is 16.4. The van der Waals surface area contributed by atoms with Crippen molar-refractivity contribution in [2.24, 2.45) is 0 Å². The van der Waals surface area contributed by atoms with Gasteiger partial charge in [-0.25, -0.2) is 4.68 Å². The number of nitrogens with one attached hydrogen (secondary N) is 1. The summed E-state index contributed by atoms with van der Waals surface area (Å²) in [4.78, 5) is 17.1. The van der Waals surface area contributed by atoms with Gasteiger partial charge < -0.3 is 9.84 Å². The van der Waals surface area contributed by atoms with E-state index in [4.69, 9.17) is 9.78 Å². The van der Waals surface area contributed by atoms with Crippen molar-refractivity contribution in [3.05, 3.63) is 77.4 Å². The first-order valence-corrected chi connectivity index (χ1v) is 9.93. The Labute approximate surface area is 178 Å². The van der Waals surface area contributed by atoms with E-state index in [9.17, 15) is 4.79 Å². The van der Waals surface area contributed by atoms with Crippen molar-refractivity contribution in [3.8, 4) is 23.1 Å². The molecule has 0 spiro atoms. The molecule has 1 N–H and O–H groups in total. The van der Waals surface area contributed by atoms with Crippen molar-refractivity contribution < 1.29 is 9.32 Å². The van der Waals surface area contributed by atoms with Crippen LogP contribution >= 0.6 is 0 Å². The lowest BCUT2D eigenvalue weighted by Crippen LogP contribution is -2.12. The summed E-state index contributed by atoms with van der Waals surface area (Å²) >= 11 is 0. The molecule has 1 amide bonds. The van der Waals surface area contributed by atoms with Gasteiger partial charge in [-0.3, -0.25) is 4.79 Å². The van der Waals surface area contributed by atoms with E-state index in [0.29, 0.717) is 40.1 Å². The van der Waals surface area contributed by atoms with Crippen LogP contribution in [0.4, 0.5) is 5.69 Å². The average Bonchev–Trinajstić information content (AvgIpc) is 3.39. The summed E-state index contributed by atoms with van der Waals surface area (Å²) in [6.07, 6.45) is 3.92. The fourth-order valence-electron chi connectivity index (χ4n) is 3.25. The number of hydrogen-bond acceptors (Lipinski definition) is 6. The fraction of sp³-hybridized carbons (Fsp3) is 0.174. The Kier molecular flexibility index (Phi) is 4.56. The molecular weight excluding hydrogens is 392 g/mol. The minimum Gasteiger partial charge on any atom is -0.339 e. The van der Waals surface area contributed by atoms with Crippen molar-refractivity contribution in [1.82, 2.24) is 19.9 Å². The Bertz CT molecular complexity index is 1290. The molecular formula is C23H18N6O2. The molecule has 0 bridgehead atoms. The average molecular weight is 410 g/mol. The maximum absolute atomic E-state index is 12.7. The number of aryl methyl sites for hydroxylation is 1. The van der Waals surface area contributed by atoms with Crippen LogP contribution in [0.5, 0.6) is 0 Å². The molecule has 5 rings (SSSR count). The summed E-state index contributed by atoms with van der Waals surface area (Å²) in [5.41, 5.74) is 3.92. The highest BCUT2D eigenvalue weighted by atomic mass is 16.5. The number of rotatable bonds is 5. The zero-order chi connectivity index (χ0) is 21.4. The van der Waals surface area contributed by atoms with Gasteiger partial charge in [-0.05, 0) is 68.3 Å². The third-order valence-electron chi connectivity index (χ3n) is 5.17. The molecule has 1 aliphatic rings. The molecule has 0 unspecified atom stereocenters. The highest BCUT2D eigenvalue weighted by Gasteiger charge is 2.29. The van der Waals surface area contributed by atoms with E-state index in [1.165, 1.54) is 0 Å². The second-order valence-corrected chi connectivity index (χ2v) is 7.49. The minimum atomic E-state index is -0.260. The number of benzene rings is 2. The SMILES string of the molecule is Cc1nn(-c2ccc(-c3noc(C4CC4)n3)cc2)cc1C(=O)Nc1ccc(C#N)cc1. The first kappa shape index (κ1) is 18.8. The van der Waals surface area contributed by atoms with Gasteiger partial charge in [-0.2, -0.15) is 15.3 Å². The Hall–Kier alpha value is -4.25. The molecule has 0 saturated heterocycles. The minimum absolute atomic E-state index is 0.260. The lowest BCUT2D eigenvalue weighted by Gasteiger charge is -2.04. The molecule has 0 aliphatic heterocycles. The molecule has 2 aromatic heterocycles. The Morgan fingerprint density at radius 2 is 1.90 bits per heavy atom. The van der Waals surface area contributed by atoms with Gasteiger partial charge in [0.25, 0.3) is 5.91 Å². The predicted octanol–water partition coefficient (Wildman–Crippen LogP) is 4.23. The number of hydrogen-bond donors (Lipinski definition) is 1. The molecule has 0 atom stereocenters. The zero-order valence-electron chi connectivity index (χ0n) is 16.7. The van der Waals surface area contributed by atoms with Crippen LogP contribution in [0.25, 0.3) is 17.1 Å². The summed E-state index contributed by atoms with van der Waals surface area (Å²) in [5.74, 6) is 1.44. The van der Waals surface area contributed by atoms with E-state index in [1.54, 1.807) is 42.1 Å². The van der Waals surface area contributed by atoms with Crippen LogP contribution in [0.15, 0.2) is 59.3 Å². The summed E-state index contributed by atoms with van der Waals surface area (Å²) in [7, 11) is 0. The predicted molar refractivity (Wildman–Crippen MR) is 113 cm³/mol. The van der Waals surface area contributed by atoms with Crippen LogP contribution in [0.2, 0.25) is 0 Å². The number of carbonyl (C=O) groups is 1. The Balaban J connectivity index is 1.33. The van der Waals surface area contributed by atoms with Gasteiger partial charge in [0.05, 0.1) is 28.6 Å². The van der Waals surface area contributed by atoms with Gasteiger partial charge in [-0.15, -0.1) is 0 Å². The topological polar surface area (TPSA) is 110 Å². The van der Waals surface area contributed by atoms with Crippen molar-refractivity contribution >= 4 is 11.6 Å². The van der Waals surface area contributed by atoms with Gasteiger partial charge in [0.15, 0.2) is 0 Å². The lowest BCUT2D eigenvalue weighted by atomic mass is 10.2. The summed E-state index contributed by atoms with van der Waals surface area (Å²) in [6.45, 7) is 1.79. The van der Waals surface area contributed by atoms with E-state index < -0.39 is 0 Å². The number of nitrogens with zero attached hydrogens (tertiary/aromatic N) is 5. The first-order valence-electron chi connectivity index (χ1n) is 9.93. The molecule has 152 valence electrons. The Morgan fingerprint density at radius 3 is 2.58 bits per heavy atom. The molecule has 2 aromatic carbocycles. The van der Waals surface area contributed by atoms with Crippen molar-refractivity contribution in [2.75, 3.05) is 5.32 Å². The molecule has 4 aromatic rings. The zero-order valence-corrected chi connectivity index (χ0v) is 16.7. The highest BCUT2D eigenvalue weighted by Crippen LogP contribution is 2.39. The molecule has 8 heteroatoms. The molecule has 31 heavy (non-hydrogen) atoms. The normalized spacial score (nSPS) is 13.0. The molecule has 1 aliphatic carbocycles. The smallest absolute Gasteiger partial charge is 0.259 e. The van der Waals surface area contributed by atoms with Crippen LogP contribution in [-0.2, 0) is 0 Å². The summed E-state index contributed by atoms with van der Waals surface area (Å²) in [5, 5.41) is 20.3. The standard InChI is InChI=1S/C23H18N6O2/c1-14-20(22(30)25-18-8-2-15(12-24)3-9-18)13-29(27-14)19-10-6-16(7-11-19)21-26-23(31-28-21)17-4-5-17/h2-3,6-11,13,17H,4-5H2,1H3,(H,25,30). The number of amides is 1. The van der Waals surface area contributed by atoms with E-state index in [2.05, 4.69) is 26.6 Å². The molecule has 2 heterocycles. The molecule has 1 saturated carbocycles. The molecule has 1 fully saturated rings. The monoisotopic (exact) mass is 410 g/mol. The number of carbonyl (C=O) groups excluding carboxylic acids is 1. The van der Waals surface area contributed by atoms with E-state index in [-0.39, 0.29) is 5.91 Å². The van der Waals surface area contributed by atoms with Crippen molar-refractivity contribution in [1.29, 1.82) is 5.26 Å². The Morgan fingerprint density at radius 1 is 1.16 bits per heavy atom. The lowest BCUT2D eigenvalue weighted by molar-refractivity contribution is 0.102. The second-order valence-electron chi connectivity index (χ2n) is 7.49. The van der Waals surface area contributed by atoms with Crippen LogP contribution in [0.1, 0.15) is 46.3 Å². The van der Waals surface area contributed by atoms with Crippen LogP contribution < -0.4 is 5.32 Å². The van der Waals surface area contributed by atoms with Gasteiger partial charge in [0, 0.05) is 23.4 Å². The van der Waals surface area contributed by atoms with E-state index in [0.717, 1.165) is 24.1 Å². The maximum atomic E-state index is 12.7. The molecule has 8 nitrogen and oxygen atoms in total. The van der Waals surface area contributed by atoms with Crippen LogP contribution in [0, 0.1) is 18.3 Å². The highest BCUT2D eigenvalue weighted by molar-refractivity contribution is 6.04. The van der Waals surface area contributed by atoms with E-state index >= 15 is 0 Å². The van der Waals surface area contributed by atoms with Gasteiger partial charge in [0.2, 0.25) is 11.7 Å². The second kappa shape index (κ2) is 7.54. The quantitative estimate of drug-likeness (QED) is 0.527. The molecule has 0 radical (unpaired) electrons. The summed E-state index contributed by atoms with van der Waals surface area (Å²) < 4.78 is 6.99.